The Morgan fingerprint density at radius 3 is 2.30 bits per heavy atom. The maximum Gasteiger partial charge on any atom is 0.414 e. The first-order valence-electron chi connectivity index (χ1n) is 24.5. The number of hydrogen-bond donors (Lipinski definition) is 5. The molecule has 0 aliphatic carbocycles. The molecule has 22 heteroatoms. The summed E-state index contributed by atoms with van der Waals surface area (Å²) < 4.78 is 44.4. The zero-order valence-electron chi connectivity index (χ0n) is 42.5. The minimum Gasteiger partial charge on any atom is -0.459 e. The Balaban J connectivity index is 1.21. The van der Waals surface area contributed by atoms with Gasteiger partial charge in [-0.15, -0.1) is 5.10 Å². The summed E-state index contributed by atoms with van der Waals surface area (Å²) in [5, 5.41) is 68.0. The monoisotopic (exact) mass is 1040 g/mol. The number of benzene rings is 1. The Kier molecular flexibility index (Phi) is 18.7. The Hall–Kier alpha value is -3.09. The molecule has 1 unspecified atom stereocenters. The maximum absolute atomic E-state index is 14.2. The standard InChI is InChI=1S/C49H74Cl2N5O15/c1-12-37-49(9,64)42(59)28(5)40(57)25(2)20-47(7,63)38(19-36(27(4)44(61)70-37)69-39-21-48(8,65-11)43(60)29(6)67-39)71-45-41(58)35(17-26(3)66-45)54(10)16-15-30-22-55(53-52-30)23-32-24-56(46(62)68-32)31-13-14-33(50)34(51)18-31/h13-14,18-19,22,25-29,32,35-39,41-43,45,58-60,63-64H,12,15-17,20-21,23-24H2,1-11H3/t25-,26-,27-,28+,29+,32+,35+,36+,37-,38?,39+,41-,42-,43+,45+,47-,48-,49-/m1/s1. The van der Waals surface area contributed by atoms with E-state index in [1.807, 2.05) is 18.9 Å². The van der Waals surface area contributed by atoms with Crippen molar-refractivity contribution in [3.05, 3.63) is 46.6 Å². The highest BCUT2D eigenvalue weighted by Crippen LogP contribution is 2.39. The number of cyclic esters (lactones) is 2. The van der Waals surface area contributed by atoms with E-state index in [1.165, 1.54) is 39.2 Å². The molecule has 0 bridgehead atoms. The van der Waals surface area contributed by atoms with Crippen molar-refractivity contribution in [3.8, 4) is 0 Å². The molecule has 5 N–H and O–H groups in total. The van der Waals surface area contributed by atoms with Crippen LogP contribution in [0.4, 0.5) is 10.5 Å². The van der Waals surface area contributed by atoms with Crippen molar-refractivity contribution < 1.29 is 73.1 Å². The van der Waals surface area contributed by atoms with Gasteiger partial charge in [-0.2, -0.15) is 0 Å². The lowest BCUT2D eigenvalue weighted by Crippen LogP contribution is -2.59. The average Bonchev–Trinajstić information content (AvgIpc) is 3.93. The van der Waals surface area contributed by atoms with Gasteiger partial charge in [-0.05, 0) is 86.1 Å². The molecule has 399 valence electrons. The second-order valence-corrected chi connectivity index (χ2v) is 21.5. The van der Waals surface area contributed by atoms with Crippen molar-refractivity contribution >= 4 is 46.7 Å². The fourth-order valence-electron chi connectivity index (χ4n) is 10.2. The number of amides is 1. The van der Waals surface area contributed by atoms with Crippen LogP contribution in [0.2, 0.25) is 10.0 Å². The molecule has 1 aromatic carbocycles. The Bertz CT molecular complexity index is 2150. The van der Waals surface area contributed by atoms with Crippen molar-refractivity contribution in [3.63, 3.8) is 0 Å². The van der Waals surface area contributed by atoms with Crippen molar-refractivity contribution in [1.29, 1.82) is 0 Å². The molecule has 18 atom stereocenters. The van der Waals surface area contributed by atoms with E-state index >= 15 is 0 Å². The lowest BCUT2D eigenvalue weighted by molar-refractivity contribution is -0.298. The average molecular weight is 1040 g/mol. The minimum absolute atomic E-state index is 0.0348. The number of carbonyl (C=O) groups excluding carboxylic acids is 3. The van der Waals surface area contributed by atoms with Gasteiger partial charge in [0.2, 0.25) is 0 Å². The summed E-state index contributed by atoms with van der Waals surface area (Å²) in [7, 11) is 3.31. The molecule has 4 saturated heterocycles. The lowest BCUT2D eigenvalue weighted by Gasteiger charge is -2.47. The molecule has 1 radical (unpaired) electrons. The molecule has 71 heavy (non-hydrogen) atoms. The Morgan fingerprint density at radius 1 is 0.930 bits per heavy atom. The van der Waals surface area contributed by atoms with Crippen LogP contribution in [-0.2, 0) is 55.7 Å². The summed E-state index contributed by atoms with van der Waals surface area (Å²) in [5.74, 6) is -4.49. The molecule has 0 spiro atoms. The summed E-state index contributed by atoms with van der Waals surface area (Å²) >= 11 is 12.2. The van der Waals surface area contributed by atoms with E-state index < -0.39 is 126 Å². The van der Waals surface area contributed by atoms with Crippen molar-refractivity contribution in [2.24, 2.45) is 17.8 Å². The molecule has 20 nitrogen and oxygen atoms in total. The molecule has 2 aromatic rings. The van der Waals surface area contributed by atoms with Crippen LogP contribution < -0.4 is 4.90 Å². The first kappa shape index (κ1) is 57.2. The van der Waals surface area contributed by atoms with Gasteiger partial charge < -0.3 is 63.6 Å². The highest BCUT2D eigenvalue weighted by atomic mass is 35.5. The smallest absolute Gasteiger partial charge is 0.414 e. The SMILES string of the molecule is CC[C@H]1OC(=O)[C@H](C)[C@@H](O[C@H]2C[C@@](C)(OC)[C@@H](O)[C@H](C)O2)[CH]C(O[C@@H]2O[C@H](C)C[C@H](N(C)CCc3cn(C[C@H]4CN(c5ccc(Cl)c(Cl)c5)C(=O)O4)nn3)[C@H]2O)[C@](C)(O)C[C@@H](C)C(=O)[C@H](C)[C@@H](O)[C@]1(C)O. The van der Waals surface area contributed by atoms with Crippen LogP contribution in [0.1, 0.15) is 93.7 Å². The second kappa shape index (κ2) is 23.2. The van der Waals surface area contributed by atoms with Gasteiger partial charge in [-0.25, -0.2) is 9.48 Å². The molecule has 1 aromatic heterocycles. The van der Waals surface area contributed by atoms with Crippen LogP contribution in [0.25, 0.3) is 0 Å². The third-order valence-corrected chi connectivity index (χ3v) is 15.6. The van der Waals surface area contributed by atoms with Gasteiger partial charge in [0.1, 0.15) is 35.8 Å². The van der Waals surface area contributed by atoms with Crippen LogP contribution >= 0.6 is 23.2 Å². The van der Waals surface area contributed by atoms with E-state index in [0.29, 0.717) is 40.8 Å². The van der Waals surface area contributed by atoms with Crippen molar-refractivity contribution in [1.82, 2.24) is 19.9 Å². The highest BCUT2D eigenvalue weighted by Gasteiger charge is 2.52. The summed E-state index contributed by atoms with van der Waals surface area (Å²) in [4.78, 5) is 44.4. The molecule has 4 aliphatic heterocycles. The molecule has 1 amide bonds. The number of carbonyl (C=O) groups is 3. The number of methoxy groups -OCH3 is 1. The van der Waals surface area contributed by atoms with Gasteiger partial charge >= 0.3 is 12.1 Å². The van der Waals surface area contributed by atoms with Crippen LogP contribution in [0.15, 0.2) is 24.4 Å². The van der Waals surface area contributed by atoms with Crippen LogP contribution in [0, 0.1) is 24.2 Å². The van der Waals surface area contributed by atoms with E-state index in [-0.39, 0.29) is 32.4 Å². The van der Waals surface area contributed by atoms with Crippen LogP contribution in [0.5, 0.6) is 0 Å². The van der Waals surface area contributed by atoms with Crippen molar-refractivity contribution in [2.75, 3.05) is 32.1 Å². The zero-order valence-corrected chi connectivity index (χ0v) is 44.0. The summed E-state index contributed by atoms with van der Waals surface area (Å²) in [6.45, 7) is 15.2. The molecule has 4 aliphatic rings. The number of ether oxygens (including phenoxy) is 7. The summed E-state index contributed by atoms with van der Waals surface area (Å²) in [6, 6.07) is 4.38. The number of likely N-dealkylation sites (N-methyl/N-ethyl adjacent to an activating group) is 1. The number of aliphatic hydroxyl groups excluding tert-OH is 3. The van der Waals surface area contributed by atoms with E-state index in [9.17, 15) is 39.9 Å². The molecular formula is C49H74Cl2N5O15. The number of esters is 1. The molecule has 4 fully saturated rings. The maximum atomic E-state index is 14.2. The number of hydrogen-bond acceptors (Lipinski definition) is 18. The first-order valence-corrected chi connectivity index (χ1v) is 25.2. The quantitative estimate of drug-likeness (QED) is 0.178. The molecule has 6 rings (SSSR count). The minimum atomic E-state index is -2.05. The fraction of sp³-hybridized carbons (Fsp3) is 0.755. The highest BCUT2D eigenvalue weighted by molar-refractivity contribution is 6.42. The number of nitrogens with zero attached hydrogens (tertiary/aromatic N) is 5. The second-order valence-electron chi connectivity index (χ2n) is 20.7. The zero-order chi connectivity index (χ0) is 52.5. The van der Waals surface area contributed by atoms with Crippen LogP contribution in [0.3, 0.4) is 0 Å². The number of aliphatic hydroxyl groups is 5. The Morgan fingerprint density at radius 2 is 1.63 bits per heavy atom. The van der Waals surface area contributed by atoms with E-state index in [2.05, 4.69) is 10.3 Å². The Labute approximate surface area is 426 Å². The number of aromatic nitrogens is 3. The normalized spacial score (nSPS) is 40.1. The third kappa shape index (κ3) is 13.1. The predicted molar refractivity (Wildman–Crippen MR) is 258 cm³/mol. The number of anilines is 1. The number of Topliss-reactive ketones (excluding diaryl/α,β-unsaturated/α-hetero) is 1. The molecule has 5 heterocycles. The van der Waals surface area contributed by atoms with E-state index in [4.69, 9.17) is 56.4 Å². The number of halogens is 2. The summed E-state index contributed by atoms with van der Waals surface area (Å²) in [5.41, 5.74) is -3.86. The topological polar surface area (TPSA) is 254 Å². The fourth-order valence-corrected chi connectivity index (χ4v) is 10.5. The molecular weight excluding hydrogens is 969 g/mol. The van der Waals surface area contributed by atoms with Gasteiger partial charge in [-0.3, -0.25) is 14.5 Å². The van der Waals surface area contributed by atoms with Gasteiger partial charge in [0.05, 0.1) is 76.5 Å². The number of rotatable bonds is 13. The van der Waals surface area contributed by atoms with Gasteiger partial charge in [-0.1, -0.05) is 49.2 Å². The lowest BCUT2D eigenvalue weighted by atomic mass is 9.76. The largest absolute Gasteiger partial charge is 0.459 e. The predicted octanol–water partition coefficient (Wildman–Crippen LogP) is 3.89. The van der Waals surface area contributed by atoms with Crippen LogP contribution in [-0.4, -0.2) is 181 Å². The number of ketones is 1. The first-order chi connectivity index (χ1) is 33.2. The van der Waals surface area contributed by atoms with Gasteiger partial charge in [0.25, 0.3) is 0 Å². The van der Waals surface area contributed by atoms with E-state index in [0.717, 1.165) is 0 Å². The molecule has 0 saturated carbocycles. The van der Waals surface area contributed by atoms with Gasteiger partial charge in [0.15, 0.2) is 12.6 Å². The summed E-state index contributed by atoms with van der Waals surface area (Å²) in [6.07, 6.45) is -8.50. The van der Waals surface area contributed by atoms with E-state index in [1.54, 1.807) is 63.7 Å². The van der Waals surface area contributed by atoms with Gasteiger partial charge in [0, 0.05) is 62.7 Å². The third-order valence-electron chi connectivity index (χ3n) is 14.9. The van der Waals surface area contributed by atoms with Crippen molar-refractivity contribution in [2.45, 2.75) is 191 Å².